The molecule has 0 atom stereocenters. The Morgan fingerprint density at radius 3 is 1.56 bits per heavy atom. The van der Waals surface area contributed by atoms with Gasteiger partial charge in [-0.25, -0.2) is 4.79 Å². The lowest BCUT2D eigenvalue weighted by atomic mass is 10.2. The number of rotatable bonds is 18. The number of carbonyl (C=O) groups is 1. The molecule has 0 aliphatic rings. The van der Waals surface area contributed by atoms with Crippen molar-refractivity contribution in [2.75, 3.05) is 79.2 Å². The van der Waals surface area contributed by atoms with Crippen LogP contribution in [-0.2, 0) is 28.4 Å². The number of carbonyl (C=O) groups excluding carboxylic acids is 1. The fraction of sp³-hybridized carbons (Fsp3) is 0.944. The van der Waals surface area contributed by atoms with Crippen molar-refractivity contribution in [1.29, 1.82) is 0 Å². The van der Waals surface area contributed by atoms with Gasteiger partial charge in [0.25, 0.3) is 0 Å². The molecule has 0 aromatic rings. The maximum absolute atomic E-state index is 11.4. The number of ether oxygens (including phenoxy) is 6. The molecule has 0 unspecified atom stereocenters. The van der Waals surface area contributed by atoms with Crippen LogP contribution in [0, 0.1) is 0 Å². The third-order valence-electron chi connectivity index (χ3n) is 2.86. The number of nitrogens with one attached hydrogen (secondary N) is 1. The molecule has 1 amide bonds. The highest BCUT2D eigenvalue weighted by Crippen LogP contribution is 2.06. The molecule has 162 valence electrons. The fourth-order valence-corrected chi connectivity index (χ4v) is 1.73. The van der Waals surface area contributed by atoms with E-state index in [9.17, 15) is 4.79 Å². The summed E-state index contributed by atoms with van der Waals surface area (Å²) in [4.78, 5) is 11.4. The molecular formula is C18H37NO8. The number of hydrogen-bond donors (Lipinski definition) is 2. The lowest BCUT2D eigenvalue weighted by Gasteiger charge is -2.19. The van der Waals surface area contributed by atoms with Gasteiger partial charge in [-0.3, -0.25) is 0 Å². The Bertz CT molecular complexity index is 336. The Morgan fingerprint density at radius 1 is 0.741 bits per heavy atom. The first kappa shape index (κ1) is 26.0. The number of aliphatic hydroxyl groups excluding tert-OH is 1. The monoisotopic (exact) mass is 395 g/mol. The first-order valence-electron chi connectivity index (χ1n) is 9.42. The molecule has 0 spiro atoms. The molecule has 27 heavy (non-hydrogen) atoms. The van der Waals surface area contributed by atoms with Gasteiger partial charge in [0.1, 0.15) is 5.60 Å². The maximum atomic E-state index is 11.4. The largest absolute Gasteiger partial charge is 0.444 e. The Kier molecular flexibility index (Phi) is 17.7. The van der Waals surface area contributed by atoms with Crippen LogP contribution in [0.3, 0.4) is 0 Å². The van der Waals surface area contributed by atoms with Gasteiger partial charge in [0.2, 0.25) is 0 Å². The van der Waals surface area contributed by atoms with Gasteiger partial charge in [0, 0.05) is 13.2 Å². The van der Waals surface area contributed by atoms with Crippen LogP contribution in [0.15, 0.2) is 0 Å². The first-order valence-corrected chi connectivity index (χ1v) is 9.42. The zero-order valence-electron chi connectivity index (χ0n) is 17.0. The molecule has 0 aromatic carbocycles. The predicted molar refractivity (Wildman–Crippen MR) is 100 cm³/mol. The molecule has 0 aromatic heterocycles. The van der Waals surface area contributed by atoms with E-state index in [4.69, 9.17) is 33.5 Å². The molecule has 0 rings (SSSR count). The highest BCUT2D eigenvalue weighted by molar-refractivity contribution is 5.67. The molecule has 0 aliphatic heterocycles. The molecule has 9 nitrogen and oxygen atoms in total. The van der Waals surface area contributed by atoms with E-state index >= 15 is 0 Å². The molecule has 9 heteroatoms. The fourth-order valence-electron chi connectivity index (χ4n) is 1.73. The second kappa shape index (κ2) is 18.4. The quantitative estimate of drug-likeness (QED) is 0.331. The zero-order chi connectivity index (χ0) is 20.2. The summed E-state index contributed by atoms with van der Waals surface area (Å²) >= 11 is 0. The highest BCUT2D eigenvalue weighted by atomic mass is 16.6. The summed E-state index contributed by atoms with van der Waals surface area (Å²) in [5, 5.41) is 11.2. The van der Waals surface area contributed by atoms with Gasteiger partial charge in [0.05, 0.1) is 66.1 Å². The second-order valence-corrected chi connectivity index (χ2v) is 6.57. The van der Waals surface area contributed by atoms with Crippen molar-refractivity contribution in [3.8, 4) is 0 Å². The van der Waals surface area contributed by atoms with Crippen LogP contribution in [0.1, 0.15) is 27.2 Å². The van der Waals surface area contributed by atoms with Gasteiger partial charge in [-0.15, -0.1) is 0 Å². The molecule has 0 saturated carbocycles. The average Bonchev–Trinajstić information content (AvgIpc) is 2.59. The van der Waals surface area contributed by atoms with Crippen LogP contribution < -0.4 is 5.32 Å². The van der Waals surface area contributed by atoms with Gasteiger partial charge in [-0.2, -0.15) is 0 Å². The predicted octanol–water partition coefficient (Wildman–Crippen LogP) is 0.977. The molecule has 0 fully saturated rings. The highest BCUT2D eigenvalue weighted by Gasteiger charge is 2.15. The van der Waals surface area contributed by atoms with Gasteiger partial charge >= 0.3 is 6.09 Å². The van der Waals surface area contributed by atoms with Crippen LogP contribution in [-0.4, -0.2) is 96.0 Å². The van der Waals surface area contributed by atoms with Gasteiger partial charge in [-0.05, 0) is 27.2 Å². The van der Waals surface area contributed by atoms with E-state index in [-0.39, 0.29) is 6.61 Å². The third kappa shape index (κ3) is 23.0. The minimum Gasteiger partial charge on any atom is -0.444 e. The Hall–Kier alpha value is -0.970. The van der Waals surface area contributed by atoms with E-state index in [1.54, 1.807) is 0 Å². The normalized spacial score (nSPS) is 11.6. The van der Waals surface area contributed by atoms with E-state index in [1.165, 1.54) is 0 Å². The number of alkyl carbamates (subject to hydrolysis) is 1. The van der Waals surface area contributed by atoms with Crippen molar-refractivity contribution in [2.24, 2.45) is 0 Å². The molecular weight excluding hydrogens is 358 g/mol. The minimum absolute atomic E-state index is 0.0272. The van der Waals surface area contributed by atoms with Crippen molar-refractivity contribution in [1.82, 2.24) is 5.32 Å². The Morgan fingerprint density at radius 2 is 1.15 bits per heavy atom. The van der Waals surface area contributed by atoms with Crippen molar-refractivity contribution < 1.29 is 38.3 Å². The summed E-state index contributed by atoms with van der Waals surface area (Å²) in [6.07, 6.45) is 0.305. The molecule has 2 N–H and O–H groups in total. The van der Waals surface area contributed by atoms with Crippen LogP contribution in [0.4, 0.5) is 4.79 Å². The van der Waals surface area contributed by atoms with E-state index in [0.29, 0.717) is 79.0 Å². The Labute approximate surface area is 162 Å². The summed E-state index contributed by atoms with van der Waals surface area (Å²) in [5.74, 6) is 0. The van der Waals surface area contributed by atoms with Gasteiger partial charge < -0.3 is 38.8 Å². The smallest absolute Gasteiger partial charge is 0.407 e. The van der Waals surface area contributed by atoms with Crippen LogP contribution in [0.25, 0.3) is 0 Å². The van der Waals surface area contributed by atoms with Crippen molar-refractivity contribution >= 4 is 6.09 Å². The Balaban J connectivity index is 3.12. The van der Waals surface area contributed by atoms with Crippen LogP contribution in [0.2, 0.25) is 0 Å². The standard InChI is InChI=1S/C18H37NO8/c1-18(2,3)27-17(21)19-5-4-7-22-9-11-24-13-15-26-16-14-25-12-10-23-8-6-20/h20H,4-16H2,1-3H3,(H,19,21). The molecule has 0 heterocycles. The lowest BCUT2D eigenvalue weighted by Crippen LogP contribution is -2.33. The molecule has 0 aliphatic carbocycles. The number of amides is 1. The summed E-state index contributed by atoms with van der Waals surface area (Å²) in [6.45, 7) is 10.9. The van der Waals surface area contributed by atoms with Crippen LogP contribution in [0.5, 0.6) is 0 Å². The number of aliphatic hydroxyl groups is 1. The van der Waals surface area contributed by atoms with Crippen molar-refractivity contribution in [3.63, 3.8) is 0 Å². The SMILES string of the molecule is CC(C)(C)OC(=O)NCCCOCCOCCOCCOCCOCCO. The summed E-state index contributed by atoms with van der Waals surface area (Å²) in [6, 6.07) is 0. The van der Waals surface area contributed by atoms with Crippen molar-refractivity contribution in [3.05, 3.63) is 0 Å². The van der Waals surface area contributed by atoms with E-state index in [2.05, 4.69) is 5.32 Å². The topological polar surface area (TPSA) is 105 Å². The summed E-state index contributed by atoms with van der Waals surface area (Å²) < 4.78 is 31.6. The van der Waals surface area contributed by atoms with E-state index in [0.717, 1.165) is 0 Å². The summed E-state index contributed by atoms with van der Waals surface area (Å²) in [5.41, 5.74) is -0.482. The van der Waals surface area contributed by atoms with Gasteiger partial charge in [-0.1, -0.05) is 0 Å². The minimum atomic E-state index is -0.482. The molecule has 0 saturated heterocycles. The maximum Gasteiger partial charge on any atom is 0.407 e. The van der Waals surface area contributed by atoms with E-state index in [1.807, 2.05) is 20.8 Å². The zero-order valence-corrected chi connectivity index (χ0v) is 17.0. The van der Waals surface area contributed by atoms with Crippen LogP contribution >= 0.6 is 0 Å². The summed E-state index contributed by atoms with van der Waals surface area (Å²) in [7, 11) is 0. The second-order valence-electron chi connectivity index (χ2n) is 6.57. The van der Waals surface area contributed by atoms with E-state index < -0.39 is 11.7 Å². The third-order valence-corrected chi connectivity index (χ3v) is 2.86. The average molecular weight is 395 g/mol. The van der Waals surface area contributed by atoms with Gasteiger partial charge in [0.15, 0.2) is 0 Å². The molecule has 0 radical (unpaired) electrons. The first-order chi connectivity index (χ1) is 13.0. The number of hydrogen-bond acceptors (Lipinski definition) is 8. The van der Waals surface area contributed by atoms with Crippen molar-refractivity contribution in [2.45, 2.75) is 32.8 Å². The molecule has 0 bridgehead atoms. The lowest BCUT2D eigenvalue weighted by molar-refractivity contribution is -0.0133.